The molecule has 0 saturated carbocycles. The van der Waals surface area contributed by atoms with Crippen LogP contribution >= 0.6 is 11.3 Å². The molecule has 0 unspecified atom stereocenters. The summed E-state index contributed by atoms with van der Waals surface area (Å²) in [5.74, 6) is -0.866. The van der Waals surface area contributed by atoms with E-state index in [2.05, 4.69) is 15.3 Å². The summed E-state index contributed by atoms with van der Waals surface area (Å²) in [6.07, 6.45) is 2.44. The number of thiazole rings is 1. The van der Waals surface area contributed by atoms with Crippen molar-refractivity contribution in [3.05, 3.63) is 40.9 Å². The summed E-state index contributed by atoms with van der Waals surface area (Å²) in [6, 6.07) is 1.19. The molecule has 0 aliphatic carbocycles. The number of carbonyl (C=O) groups excluding carboxylic acids is 1. The van der Waals surface area contributed by atoms with Crippen molar-refractivity contribution in [1.29, 1.82) is 0 Å². The third-order valence-corrected chi connectivity index (χ3v) is 2.21. The number of rotatable bonds is 2. The van der Waals surface area contributed by atoms with Crippen molar-refractivity contribution in [1.82, 2.24) is 9.97 Å². The van der Waals surface area contributed by atoms with E-state index in [0.29, 0.717) is 11.4 Å². The molecule has 0 saturated heterocycles. The Morgan fingerprint density at radius 2 is 2.33 bits per heavy atom. The number of halogens is 1. The average molecular weight is 223 g/mol. The van der Waals surface area contributed by atoms with Gasteiger partial charge in [0.2, 0.25) is 0 Å². The van der Waals surface area contributed by atoms with E-state index in [1.54, 1.807) is 10.9 Å². The molecule has 2 rings (SSSR count). The zero-order chi connectivity index (χ0) is 10.7. The first-order valence-electron chi connectivity index (χ1n) is 4.06. The van der Waals surface area contributed by atoms with Crippen LogP contribution in [0.2, 0.25) is 0 Å². The predicted molar refractivity (Wildman–Crippen MR) is 54.3 cm³/mol. The normalized spacial score (nSPS) is 9.93. The molecular formula is C9H6FN3OS. The molecule has 15 heavy (non-hydrogen) atoms. The number of hydrogen-bond acceptors (Lipinski definition) is 4. The summed E-state index contributed by atoms with van der Waals surface area (Å²) in [7, 11) is 0. The van der Waals surface area contributed by atoms with Crippen molar-refractivity contribution in [3.8, 4) is 0 Å². The van der Waals surface area contributed by atoms with Gasteiger partial charge in [0.1, 0.15) is 11.5 Å². The van der Waals surface area contributed by atoms with Crippen LogP contribution in [0.1, 0.15) is 10.5 Å². The zero-order valence-corrected chi connectivity index (χ0v) is 8.29. The highest BCUT2D eigenvalue weighted by atomic mass is 32.1. The van der Waals surface area contributed by atoms with E-state index >= 15 is 0 Å². The molecule has 1 amide bonds. The highest BCUT2D eigenvalue weighted by molar-refractivity contribution is 7.07. The standard InChI is InChI=1S/C9H6FN3OS/c10-6-1-7(3-11-2-6)13-9(14)8-4-15-5-12-8/h1-5H,(H,13,14). The maximum absolute atomic E-state index is 12.7. The summed E-state index contributed by atoms with van der Waals surface area (Å²) < 4.78 is 12.7. The first-order valence-corrected chi connectivity index (χ1v) is 5.00. The van der Waals surface area contributed by atoms with Crippen molar-refractivity contribution < 1.29 is 9.18 Å². The van der Waals surface area contributed by atoms with Gasteiger partial charge in [-0.25, -0.2) is 9.37 Å². The van der Waals surface area contributed by atoms with Gasteiger partial charge >= 0.3 is 0 Å². The Kier molecular flexibility index (Phi) is 2.68. The second kappa shape index (κ2) is 4.14. The largest absolute Gasteiger partial charge is 0.319 e. The maximum Gasteiger partial charge on any atom is 0.275 e. The molecular weight excluding hydrogens is 217 g/mol. The molecule has 4 nitrogen and oxygen atoms in total. The maximum atomic E-state index is 12.7. The quantitative estimate of drug-likeness (QED) is 0.846. The molecule has 76 valence electrons. The molecule has 0 fully saturated rings. The van der Waals surface area contributed by atoms with Crippen molar-refractivity contribution in [2.45, 2.75) is 0 Å². The monoisotopic (exact) mass is 223 g/mol. The number of nitrogens with zero attached hydrogens (tertiary/aromatic N) is 2. The van der Waals surface area contributed by atoms with Crippen LogP contribution in [0, 0.1) is 5.82 Å². The molecule has 6 heteroatoms. The van der Waals surface area contributed by atoms with E-state index in [0.717, 1.165) is 6.20 Å². The molecule has 2 aromatic heterocycles. The minimum Gasteiger partial charge on any atom is -0.319 e. The van der Waals surface area contributed by atoms with Crippen LogP contribution in [0.4, 0.5) is 10.1 Å². The fraction of sp³-hybridized carbons (Fsp3) is 0. The predicted octanol–water partition coefficient (Wildman–Crippen LogP) is 1.93. The molecule has 0 bridgehead atoms. The third kappa shape index (κ3) is 2.35. The van der Waals surface area contributed by atoms with Gasteiger partial charge in [0, 0.05) is 11.4 Å². The van der Waals surface area contributed by atoms with Crippen LogP contribution in [0.15, 0.2) is 29.4 Å². The topological polar surface area (TPSA) is 54.9 Å². The Bertz CT molecular complexity index is 472. The van der Waals surface area contributed by atoms with E-state index in [1.165, 1.54) is 23.6 Å². The fourth-order valence-electron chi connectivity index (χ4n) is 1.00. The molecule has 0 aliphatic heterocycles. The van der Waals surface area contributed by atoms with Crippen LogP contribution in [0.3, 0.4) is 0 Å². The van der Waals surface area contributed by atoms with E-state index in [1.807, 2.05) is 0 Å². The lowest BCUT2D eigenvalue weighted by Gasteiger charge is -2.01. The van der Waals surface area contributed by atoms with Gasteiger partial charge in [0.15, 0.2) is 0 Å². The van der Waals surface area contributed by atoms with Crippen LogP contribution < -0.4 is 5.32 Å². The van der Waals surface area contributed by atoms with Gasteiger partial charge in [-0.3, -0.25) is 9.78 Å². The SMILES string of the molecule is O=C(Nc1cncc(F)c1)c1cscn1. The van der Waals surface area contributed by atoms with E-state index < -0.39 is 5.82 Å². The van der Waals surface area contributed by atoms with E-state index in [9.17, 15) is 9.18 Å². The van der Waals surface area contributed by atoms with Gasteiger partial charge in [-0.1, -0.05) is 0 Å². The molecule has 0 radical (unpaired) electrons. The van der Waals surface area contributed by atoms with Crippen molar-refractivity contribution in [2.24, 2.45) is 0 Å². The Morgan fingerprint density at radius 1 is 1.47 bits per heavy atom. The molecule has 0 aromatic carbocycles. The van der Waals surface area contributed by atoms with Crippen molar-refractivity contribution in [3.63, 3.8) is 0 Å². The number of amides is 1. The number of pyridine rings is 1. The summed E-state index contributed by atoms with van der Waals surface area (Å²) >= 11 is 1.32. The highest BCUT2D eigenvalue weighted by Crippen LogP contribution is 2.09. The smallest absolute Gasteiger partial charge is 0.275 e. The fourth-order valence-corrected chi connectivity index (χ4v) is 1.53. The molecule has 2 aromatic rings. The first kappa shape index (κ1) is 9.72. The van der Waals surface area contributed by atoms with Crippen LogP contribution in [-0.4, -0.2) is 15.9 Å². The minimum absolute atomic E-state index is 0.310. The van der Waals surface area contributed by atoms with Gasteiger partial charge < -0.3 is 5.32 Å². The third-order valence-electron chi connectivity index (χ3n) is 1.63. The summed E-state index contributed by atoms with van der Waals surface area (Å²) in [5, 5.41) is 4.10. The Hall–Kier alpha value is -1.82. The molecule has 2 heterocycles. The Morgan fingerprint density at radius 3 is 3.00 bits per heavy atom. The summed E-state index contributed by atoms with van der Waals surface area (Å²) in [4.78, 5) is 18.9. The average Bonchev–Trinajstić information content (AvgIpc) is 2.70. The lowest BCUT2D eigenvalue weighted by atomic mass is 10.4. The number of hydrogen-bond donors (Lipinski definition) is 1. The van der Waals surface area contributed by atoms with Crippen molar-refractivity contribution >= 4 is 22.9 Å². The number of aromatic nitrogens is 2. The van der Waals surface area contributed by atoms with Gasteiger partial charge in [-0.15, -0.1) is 11.3 Å². The van der Waals surface area contributed by atoms with Gasteiger partial charge in [-0.2, -0.15) is 0 Å². The van der Waals surface area contributed by atoms with Crippen LogP contribution in [0.5, 0.6) is 0 Å². The molecule has 0 spiro atoms. The number of anilines is 1. The lowest BCUT2D eigenvalue weighted by Crippen LogP contribution is -2.12. The Labute approximate surface area is 88.8 Å². The lowest BCUT2D eigenvalue weighted by molar-refractivity contribution is 0.102. The molecule has 0 aliphatic rings. The second-order valence-corrected chi connectivity index (χ2v) is 3.44. The first-order chi connectivity index (χ1) is 7.25. The number of carbonyl (C=O) groups is 1. The van der Waals surface area contributed by atoms with Crippen LogP contribution in [-0.2, 0) is 0 Å². The second-order valence-electron chi connectivity index (χ2n) is 2.72. The zero-order valence-electron chi connectivity index (χ0n) is 7.48. The number of nitrogens with one attached hydrogen (secondary N) is 1. The van der Waals surface area contributed by atoms with E-state index in [4.69, 9.17) is 0 Å². The summed E-state index contributed by atoms with van der Waals surface area (Å²) in [5.41, 5.74) is 2.18. The van der Waals surface area contributed by atoms with Gasteiger partial charge in [0.05, 0.1) is 23.6 Å². The highest BCUT2D eigenvalue weighted by Gasteiger charge is 2.07. The molecule has 1 N–H and O–H groups in total. The molecule has 0 atom stereocenters. The van der Waals surface area contributed by atoms with Gasteiger partial charge in [-0.05, 0) is 0 Å². The summed E-state index contributed by atoms with van der Waals surface area (Å²) in [6.45, 7) is 0. The van der Waals surface area contributed by atoms with E-state index in [-0.39, 0.29) is 5.91 Å². The van der Waals surface area contributed by atoms with Gasteiger partial charge in [0.25, 0.3) is 5.91 Å². The Balaban J connectivity index is 2.13. The van der Waals surface area contributed by atoms with Crippen LogP contribution in [0.25, 0.3) is 0 Å². The van der Waals surface area contributed by atoms with Crippen molar-refractivity contribution in [2.75, 3.05) is 5.32 Å². The minimum atomic E-state index is -0.494.